The minimum Gasteiger partial charge on any atom is -0.331 e. The number of rotatable bonds is 1. The van der Waals surface area contributed by atoms with Crippen molar-refractivity contribution in [2.75, 3.05) is 6.54 Å². The maximum Gasteiger partial charge on any atom is 0.131 e. The van der Waals surface area contributed by atoms with Gasteiger partial charge in [0.1, 0.15) is 5.82 Å². The number of hydrogen-bond acceptors (Lipinski definition) is 2. The quantitative estimate of drug-likeness (QED) is 0.707. The van der Waals surface area contributed by atoms with Crippen molar-refractivity contribution in [2.24, 2.45) is 5.73 Å². The molecule has 0 unspecified atom stereocenters. The van der Waals surface area contributed by atoms with Gasteiger partial charge in [-0.1, -0.05) is 38.8 Å². The van der Waals surface area contributed by atoms with Gasteiger partial charge in [0.25, 0.3) is 0 Å². The van der Waals surface area contributed by atoms with Crippen molar-refractivity contribution >= 4 is 6.21 Å². The number of hydrogen-bond donors (Lipinski definition) is 2. The molecular weight excluding hydrogens is 203 g/mol. The van der Waals surface area contributed by atoms with Crippen LogP contribution in [0.3, 0.4) is 0 Å². The average Bonchev–Trinajstić information content (AvgIpc) is 2.24. The Bertz CT molecular complexity index is 283. The Kier molecular flexibility index (Phi) is 12.7. The summed E-state index contributed by atoms with van der Waals surface area (Å²) < 4.78 is 12.6. The fourth-order valence-corrected chi connectivity index (χ4v) is 0.774. The first kappa shape index (κ1) is 17.2. The van der Waals surface area contributed by atoms with Crippen LogP contribution in [-0.4, -0.2) is 12.8 Å². The van der Waals surface area contributed by atoms with E-state index in [1.165, 1.54) is 12.5 Å². The van der Waals surface area contributed by atoms with E-state index in [0.717, 1.165) is 18.3 Å². The number of benzene rings is 1. The van der Waals surface area contributed by atoms with Gasteiger partial charge in [-0.3, -0.25) is 0 Å². The van der Waals surface area contributed by atoms with Gasteiger partial charge in [-0.2, -0.15) is 0 Å². The lowest BCUT2D eigenvalue weighted by atomic mass is 10.1. The zero-order valence-electron chi connectivity index (χ0n) is 10.7. The summed E-state index contributed by atoms with van der Waals surface area (Å²) >= 11 is 0. The molecule has 3 N–H and O–H groups in total. The van der Waals surface area contributed by atoms with Crippen LogP contribution in [0.1, 0.15) is 38.3 Å². The van der Waals surface area contributed by atoms with Crippen LogP contribution >= 0.6 is 0 Å². The largest absolute Gasteiger partial charge is 0.331 e. The summed E-state index contributed by atoms with van der Waals surface area (Å²) in [5.74, 6) is -0.333. The molecule has 0 aromatic heterocycles. The van der Waals surface area contributed by atoms with E-state index in [2.05, 4.69) is 13.8 Å². The highest BCUT2D eigenvalue weighted by Gasteiger charge is 1.96. The van der Waals surface area contributed by atoms with Crippen LogP contribution in [0.25, 0.3) is 0 Å². The molecule has 0 aliphatic carbocycles. The number of nitrogens with one attached hydrogen (secondary N) is 1. The zero-order valence-corrected chi connectivity index (χ0v) is 10.7. The van der Waals surface area contributed by atoms with Crippen LogP contribution in [0.2, 0.25) is 0 Å². The molecule has 0 amide bonds. The third-order valence-corrected chi connectivity index (χ3v) is 1.31. The fourth-order valence-electron chi connectivity index (χ4n) is 0.774. The van der Waals surface area contributed by atoms with Crippen molar-refractivity contribution in [3.8, 4) is 0 Å². The van der Waals surface area contributed by atoms with Gasteiger partial charge in [-0.15, -0.1) is 0 Å². The van der Waals surface area contributed by atoms with E-state index in [1.807, 2.05) is 13.8 Å². The third-order valence-electron chi connectivity index (χ3n) is 1.31. The lowest BCUT2D eigenvalue weighted by Crippen LogP contribution is -1.87. The van der Waals surface area contributed by atoms with Gasteiger partial charge in [-0.05, 0) is 25.6 Å². The fraction of sp³-hybridized carbons (Fsp3) is 0.462. The summed E-state index contributed by atoms with van der Waals surface area (Å²) in [5.41, 5.74) is 6.17. The number of aryl methyl sites for hydroxylation is 1. The van der Waals surface area contributed by atoms with E-state index >= 15 is 0 Å². The topological polar surface area (TPSA) is 49.9 Å². The maximum absolute atomic E-state index is 12.6. The smallest absolute Gasteiger partial charge is 0.131 e. The molecule has 0 bridgehead atoms. The maximum atomic E-state index is 12.6. The minimum atomic E-state index is -0.333. The van der Waals surface area contributed by atoms with Gasteiger partial charge in [0.15, 0.2) is 0 Å². The second-order valence-corrected chi connectivity index (χ2v) is 3.28. The molecule has 0 spiro atoms. The first-order valence-electron chi connectivity index (χ1n) is 5.53. The molecule has 1 aromatic rings. The number of nitrogens with two attached hydrogens (primary N) is 1. The molecule has 0 fully saturated rings. The van der Waals surface area contributed by atoms with E-state index < -0.39 is 0 Å². The molecule has 0 aliphatic rings. The second kappa shape index (κ2) is 11.9. The number of halogens is 1. The lowest BCUT2D eigenvalue weighted by Gasteiger charge is -1.95. The predicted octanol–water partition coefficient (Wildman–Crippen LogP) is 3.51. The van der Waals surface area contributed by atoms with Crippen molar-refractivity contribution in [2.45, 2.75) is 34.1 Å². The first-order valence-corrected chi connectivity index (χ1v) is 5.53. The van der Waals surface area contributed by atoms with Crippen LogP contribution in [0.15, 0.2) is 18.2 Å². The Morgan fingerprint density at radius 3 is 2.06 bits per heavy atom. The molecule has 0 saturated heterocycles. The zero-order chi connectivity index (χ0) is 13.0. The predicted molar refractivity (Wildman–Crippen MR) is 69.7 cm³/mol. The van der Waals surface area contributed by atoms with Crippen LogP contribution in [0.4, 0.5) is 4.39 Å². The normalized spacial score (nSPS) is 8.12. The van der Waals surface area contributed by atoms with Crippen molar-refractivity contribution in [1.82, 2.24) is 0 Å². The molecule has 0 atom stereocenters. The summed E-state index contributed by atoms with van der Waals surface area (Å²) in [6, 6.07) is 4.69. The van der Waals surface area contributed by atoms with Crippen LogP contribution in [0, 0.1) is 18.2 Å². The van der Waals surface area contributed by atoms with Crippen LogP contribution in [-0.2, 0) is 0 Å². The molecule has 16 heavy (non-hydrogen) atoms. The SMILES string of the molecule is CCC.CCN.Cc1ccc(F)c(C=N)c1. The molecular formula is C13H23FN2. The Balaban J connectivity index is 0. The van der Waals surface area contributed by atoms with Gasteiger partial charge in [0, 0.05) is 11.8 Å². The average molecular weight is 226 g/mol. The van der Waals surface area contributed by atoms with Gasteiger partial charge < -0.3 is 11.1 Å². The summed E-state index contributed by atoms with van der Waals surface area (Å²) in [7, 11) is 0. The molecule has 0 saturated carbocycles. The highest BCUT2D eigenvalue weighted by atomic mass is 19.1. The van der Waals surface area contributed by atoms with E-state index in [4.69, 9.17) is 11.1 Å². The standard InChI is InChI=1S/C8H8FN.C3H8.C2H7N/c1-6-2-3-8(9)7(4-6)5-10;1-3-2;1-2-3/h2-5,10H,1H3;3H2,1-2H3;2-3H2,1H3. The summed E-state index contributed by atoms with van der Waals surface area (Å²) in [4.78, 5) is 0. The Morgan fingerprint density at radius 1 is 1.31 bits per heavy atom. The molecule has 1 aromatic carbocycles. The summed E-state index contributed by atoms with van der Waals surface area (Å²) in [6.07, 6.45) is 2.27. The lowest BCUT2D eigenvalue weighted by molar-refractivity contribution is 0.625. The van der Waals surface area contributed by atoms with E-state index in [-0.39, 0.29) is 5.82 Å². The Morgan fingerprint density at radius 2 is 1.75 bits per heavy atom. The Labute approximate surface area is 98.2 Å². The Hall–Kier alpha value is -1.22. The van der Waals surface area contributed by atoms with Crippen LogP contribution in [0.5, 0.6) is 0 Å². The first-order chi connectivity index (χ1) is 7.56. The van der Waals surface area contributed by atoms with Gasteiger partial charge in [0.2, 0.25) is 0 Å². The van der Waals surface area contributed by atoms with Gasteiger partial charge in [0.05, 0.1) is 0 Å². The molecule has 92 valence electrons. The minimum absolute atomic E-state index is 0.333. The van der Waals surface area contributed by atoms with E-state index in [9.17, 15) is 4.39 Å². The van der Waals surface area contributed by atoms with Crippen LogP contribution < -0.4 is 5.73 Å². The second-order valence-electron chi connectivity index (χ2n) is 3.28. The highest BCUT2D eigenvalue weighted by Crippen LogP contribution is 2.06. The third kappa shape index (κ3) is 9.34. The molecule has 0 aliphatic heterocycles. The van der Waals surface area contributed by atoms with Gasteiger partial charge >= 0.3 is 0 Å². The monoisotopic (exact) mass is 226 g/mol. The molecule has 1 rings (SSSR count). The molecule has 3 heteroatoms. The van der Waals surface area contributed by atoms with Gasteiger partial charge in [-0.25, -0.2) is 4.39 Å². The van der Waals surface area contributed by atoms with Crippen molar-refractivity contribution in [1.29, 1.82) is 5.41 Å². The van der Waals surface area contributed by atoms with E-state index in [1.54, 1.807) is 12.1 Å². The summed E-state index contributed by atoms with van der Waals surface area (Å²) in [6.45, 7) is 8.77. The van der Waals surface area contributed by atoms with Crippen molar-refractivity contribution in [3.05, 3.63) is 35.1 Å². The molecule has 2 nitrogen and oxygen atoms in total. The van der Waals surface area contributed by atoms with Crippen molar-refractivity contribution < 1.29 is 4.39 Å². The highest BCUT2D eigenvalue weighted by molar-refractivity contribution is 5.77. The van der Waals surface area contributed by atoms with E-state index in [0.29, 0.717) is 5.56 Å². The molecule has 0 heterocycles. The summed E-state index contributed by atoms with van der Waals surface area (Å²) in [5, 5.41) is 6.82. The van der Waals surface area contributed by atoms with Crippen molar-refractivity contribution in [3.63, 3.8) is 0 Å². The molecule has 0 radical (unpaired) electrons.